The molecule has 18 heavy (non-hydrogen) atoms. The van der Waals surface area contributed by atoms with Crippen molar-refractivity contribution in [1.29, 1.82) is 0 Å². The zero-order valence-electron chi connectivity index (χ0n) is 10.9. The minimum Gasteiger partial charge on any atom is -0.320 e. The molecule has 100 valence electrons. The van der Waals surface area contributed by atoms with Crippen molar-refractivity contribution in [1.82, 2.24) is 0 Å². The average Bonchev–Trinajstić information content (AvgIpc) is 2.64. The van der Waals surface area contributed by atoms with Gasteiger partial charge in [-0.3, -0.25) is 4.79 Å². The molecule has 0 radical (unpaired) electrons. The maximum Gasteiger partial charge on any atom is 0.244 e. The quantitative estimate of drug-likeness (QED) is 0.916. The number of nitrogens with two attached hydrogens (primary N) is 1. The molecule has 0 saturated carbocycles. The Kier molecular flexibility index (Phi) is 5.17. The lowest BCUT2D eigenvalue weighted by Crippen LogP contribution is -2.46. The van der Waals surface area contributed by atoms with Gasteiger partial charge in [-0.1, -0.05) is 31.5 Å². The van der Waals surface area contributed by atoms with Gasteiger partial charge in [0.05, 0.1) is 6.04 Å². The third kappa shape index (κ3) is 2.68. The van der Waals surface area contributed by atoms with Crippen molar-refractivity contribution in [3.63, 3.8) is 0 Å². The smallest absolute Gasteiger partial charge is 0.244 e. The van der Waals surface area contributed by atoms with Crippen molar-refractivity contribution in [3.8, 4) is 0 Å². The van der Waals surface area contributed by atoms with Gasteiger partial charge >= 0.3 is 0 Å². The fourth-order valence-electron chi connectivity index (χ4n) is 2.51. The first-order valence-corrected chi connectivity index (χ1v) is 6.31. The summed E-state index contributed by atoms with van der Waals surface area (Å²) in [5.41, 5.74) is 8.22. The van der Waals surface area contributed by atoms with E-state index in [9.17, 15) is 4.79 Å². The summed E-state index contributed by atoms with van der Waals surface area (Å²) < 4.78 is 0. The molecule has 2 atom stereocenters. The van der Waals surface area contributed by atoms with Crippen molar-refractivity contribution >= 4 is 24.0 Å². The third-order valence-corrected chi connectivity index (χ3v) is 3.36. The molecule has 2 rings (SSSR count). The van der Waals surface area contributed by atoms with Crippen LogP contribution in [0.25, 0.3) is 0 Å². The number of para-hydroxylation sites is 1. The second-order valence-electron chi connectivity index (χ2n) is 4.79. The van der Waals surface area contributed by atoms with Crippen molar-refractivity contribution < 1.29 is 4.79 Å². The highest BCUT2D eigenvalue weighted by Gasteiger charge is 2.32. The van der Waals surface area contributed by atoms with Gasteiger partial charge in [0, 0.05) is 11.7 Å². The van der Waals surface area contributed by atoms with Crippen molar-refractivity contribution in [2.75, 3.05) is 4.90 Å². The van der Waals surface area contributed by atoms with E-state index in [0.29, 0.717) is 0 Å². The number of halogens is 1. The Morgan fingerprint density at radius 1 is 1.50 bits per heavy atom. The second kappa shape index (κ2) is 6.21. The number of hydrogen-bond donors (Lipinski definition) is 1. The van der Waals surface area contributed by atoms with E-state index in [1.165, 1.54) is 5.56 Å². The molecule has 1 aromatic carbocycles. The van der Waals surface area contributed by atoms with Gasteiger partial charge in [0.1, 0.15) is 0 Å². The molecule has 1 aliphatic heterocycles. The predicted molar refractivity (Wildman–Crippen MR) is 77.2 cm³/mol. The summed E-state index contributed by atoms with van der Waals surface area (Å²) in [5, 5.41) is 0. The van der Waals surface area contributed by atoms with Crippen LogP contribution in [0.4, 0.5) is 5.69 Å². The lowest BCUT2D eigenvalue weighted by molar-refractivity contribution is -0.120. The van der Waals surface area contributed by atoms with Gasteiger partial charge < -0.3 is 10.6 Å². The molecule has 0 saturated heterocycles. The average molecular weight is 269 g/mol. The molecule has 0 spiro atoms. The Bertz CT molecular complexity index is 422. The van der Waals surface area contributed by atoms with Crippen molar-refractivity contribution in [3.05, 3.63) is 29.8 Å². The number of amides is 1. The van der Waals surface area contributed by atoms with Crippen LogP contribution >= 0.6 is 12.4 Å². The van der Waals surface area contributed by atoms with E-state index < -0.39 is 0 Å². The first kappa shape index (κ1) is 15.0. The maximum absolute atomic E-state index is 12.3. The predicted octanol–water partition coefficient (Wildman–Crippen LogP) is 2.51. The number of nitrogens with zero attached hydrogens (tertiary/aromatic N) is 1. The van der Waals surface area contributed by atoms with Crippen molar-refractivity contribution in [2.45, 2.75) is 45.2 Å². The van der Waals surface area contributed by atoms with E-state index in [2.05, 4.69) is 19.9 Å². The monoisotopic (exact) mass is 268 g/mol. The number of carbonyl (C=O) groups is 1. The molecule has 1 aliphatic rings. The Morgan fingerprint density at radius 2 is 2.17 bits per heavy atom. The summed E-state index contributed by atoms with van der Waals surface area (Å²) >= 11 is 0. The Labute approximate surface area is 115 Å². The molecule has 2 unspecified atom stereocenters. The summed E-state index contributed by atoms with van der Waals surface area (Å²) in [6.07, 6.45) is 2.63. The van der Waals surface area contributed by atoms with Crippen LogP contribution in [0.5, 0.6) is 0 Å². The first-order chi connectivity index (χ1) is 8.15. The summed E-state index contributed by atoms with van der Waals surface area (Å²) in [7, 11) is 0. The topological polar surface area (TPSA) is 46.3 Å². The van der Waals surface area contributed by atoms with E-state index in [1.54, 1.807) is 0 Å². The standard InChI is InChI=1S/C14H20N2O.ClH/c1-3-6-12(15)14(17)16-10(2)9-11-7-4-5-8-13(11)16;/h4-5,7-8,10,12H,3,6,9,15H2,1-2H3;1H. The van der Waals surface area contributed by atoms with Gasteiger partial charge in [-0.15, -0.1) is 12.4 Å². The van der Waals surface area contributed by atoms with Crippen LogP contribution in [0.1, 0.15) is 32.3 Å². The minimum absolute atomic E-state index is 0. The molecule has 2 N–H and O–H groups in total. The molecular weight excluding hydrogens is 248 g/mol. The molecule has 1 amide bonds. The minimum atomic E-state index is -0.367. The normalized spacial score (nSPS) is 19.1. The van der Waals surface area contributed by atoms with Crippen LogP contribution in [0.3, 0.4) is 0 Å². The van der Waals surface area contributed by atoms with Crippen LogP contribution < -0.4 is 10.6 Å². The van der Waals surface area contributed by atoms with Gasteiger partial charge in [0.2, 0.25) is 5.91 Å². The number of carbonyl (C=O) groups excluding carboxylic acids is 1. The highest BCUT2D eigenvalue weighted by molar-refractivity contribution is 5.99. The molecule has 1 aromatic rings. The SMILES string of the molecule is CCCC(N)C(=O)N1c2ccccc2CC1C.Cl. The van der Waals surface area contributed by atoms with Gasteiger partial charge in [0.15, 0.2) is 0 Å². The van der Waals surface area contributed by atoms with Crippen LogP contribution in [0, 0.1) is 0 Å². The Hall–Kier alpha value is -1.06. The van der Waals surface area contributed by atoms with Gasteiger partial charge in [-0.2, -0.15) is 0 Å². The number of rotatable bonds is 3. The maximum atomic E-state index is 12.3. The zero-order valence-corrected chi connectivity index (χ0v) is 11.7. The third-order valence-electron chi connectivity index (χ3n) is 3.36. The summed E-state index contributed by atoms with van der Waals surface area (Å²) in [6.45, 7) is 4.13. The molecule has 3 nitrogen and oxygen atoms in total. The molecular formula is C14H21ClN2O. The first-order valence-electron chi connectivity index (χ1n) is 6.31. The summed E-state index contributed by atoms with van der Waals surface area (Å²) in [4.78, 5) is 14.2. The lowest BCUT2D eigenvalue weighted by Gasteiger charge is -2.25. The Morgan fingerprint density at radius 3 is 2.83 bits per heavy atom. The van der Waals surface area contributed by atoms with Gasteiger partial charge in [0.25, 0.3) is 0 Å². The molecule has 1 heterocycles. The number of fused-ring (bicyclic) bond motifs is 1. The fraction of sp³-hybridized carbons (Fsp3) is 0.500. The molecule has 0 aliphatic carbocycles. The van der Waals surface area contributed by atoms with E-state index in [0.717, 1.165) is 24.9 Å². The van der Waals surface area contributed by atoms with Crippen LogP contribution in [0.2, 0.25) is 0 Å². The van der Waals surface area contributed by atoms with Gasteiger partial charge in [-0.25, -0.2) is 0 Å². The van der Waals surface area contributed by atoms with Crippen LogP contribution in [0.15, 0.2) is 24.3 Å². The fourth-order valence-corrected chi connectivity index (χ4v) is 2.51. The zero-order chi connectivity index (χ0) is 12.4. The largest absolute Gasteiger partial charge is 0.320 e. The number of anilines is 1. The molecule has 0 fully saturated rings. The molecule has 4 heteroatoms. The lowest BCUT2D eigenvalue weighted by atomic mass is 10.1. The summed E-state index contributed by atoms with van der Waals surface area (Å²) in [5.74, 6) is 0.0595. The highest BCUT2D eigenvalue weighted by Crippen LogP contribution is 2.32. The van der Waals surface area contributed by atoms with E-state index in [-0.39, 0.29) is 30.4 Å². The molecule has 0 aromatic heterocycles. The molecule has 0 bridgehead atoms. The van der Waals surface area contributed by atoms with E-state index >= 15 is 0 Å². The van der Waals surface area contributed by atoms with Crippen LogP contribution in [-0.2, 0) is 11.2 Å². The van der Waals surface area contributed by atoms with Crippen molar-refractivity contribution in [2.24, 2.45) is 5.73 Å². The number of benzene rings is 1. The van der Waals surface area contributed by atoms with Crippen LogP contribution in [-0.4, -0.2) is 18.0 Å². The van der Waals surface area contributed by atoms with E-state index in [1.807, 2.05) is 23.1 Å². The Balaban J connectivity index is 0.00000162. The highest BCUT2D eigenvalue weighted by atomic mass is 35.5. The number of hydrogen-bond acceptors (Lipinski definition) is 2. The van der Waals surface area contributed by atoms with Gasteiger partial charge in [-0.05, 0) is 31.4 Å². The summed E-state index contributed by atoms with van der Waals surface area (Å²) in [6, 6.07) is 7.95. The van der Waals surface area contributed by atoms with E-state index in [4.69, 9.17) is 5.73 Å². The second-order valence-corrected chi connectivity index (χ2v) is 4.79.